The molecular weight excluding hydrogens is 300 g/mol. The van der Waals surface area contributed by atoms with Crippen LogP contribution in [0.25, 0.3) is 0 Å². The van der Waals surface area contributed by atoms with Crippen molar-refractivity contribution in [2.45, 2.75) is 20.0 Å². The molecule has 4 heteroatoms. The van der Waals surface area contributed by atoms with Crippen LogP contribution in [0.5, 0.6) is 0 Å². The molecule has 1 heterocycles. The highest BCUT2D eigenvalue weighted by Gasteiger charge is 2.48. The lowest BCUT2D eigenvalue weighted by Crippen LogP contribution is -2.59. The van der Waals surface area contributed by atoms with Crippen LogP contribution in [0.3, 0.4) is 0 Å². The zero-order valence-electron chi connectivity index (χ0n) is 14.6. The average molecular weight is 327 g/mol. The highest BCUT2D eigenvalue weighted by atomic mass is 16.5. The Morgan fingerprint density at radius 3 is 2.67 bits per heavy atom. The van der Waals surface area contributed by atoms with Gasteiger partial charge in [0, 0.05) is 13.1 Å². The van der Waals surface area contributed by atoms with E-state index in [-0.39, 0.29) is 5.97 Å². The number of hydrogen-bond acceptors (Lipinski definition) is 3. The van der Waals surface area contributed by atoms with Crippen molar-refractivity contribution in [3.05, 3.63) is 59.8 Å². The summed E-state index contributed by atoms with van der Waals surface area (Å²) in [4.78, 5) is 13.0. The van der Waals surface area contributed by atoms with E-state index in [1.54, 1.807) is 0 Å². The normalized spacial score (nSPS) is 25.8. The lowest BCUT2D eigenvalue weighted by Gasteiger charge is -2.45. The van der Waals surface area contributed by atoms with Crippen LogP contribution in [0.1, 0.15) is 18.9 Å². The van der Waals surface area contributed by atoms with Gasteiger partial charge in [0.05, 0.1) is 20.1 Å². The van der Waals surface area contributed by atoms with Crippen molar-refractivity contribution in [2.75, 3.05) is 33.2 Å². The Morgan fingerprint density at radius 2 is 1.96 bits per heavy atom. The number of nitrogens with zero attached hydrogens (tertiary/aromatic N) is 1. The molecule has 2 aliphatic rings. The molecule has 0 spiro atoms. The monoisotopic (exact) mass is 327 g/mol. The van der Waals surface area contributed by atoms with Crippen molar-refractivity contribution in [3.63, 3.8) is 0 Å². The maximum atomic E-state index is 13.0. The van der Waals surface area contributed by atoms with E-state index in [4.69, 9.17) is 4.74 Å². The van der Waals surface area contributed by atoms with Crippen molar-refractivity contribution >= 4 is 5.97 Å². The van der Waals surface area contributed by atoms with Gasteiger partial charge in [-0.25, -0.2) is 0 Å². The molecule has 0 amide bonds. The maximum Gasteiger partial charge on any atom is 0.322 e. The van der Waals surface area contributed by atoms with Crippen LogP contribution >= 0.6 is 0 Å². The number of carbonyl (C=O) groups is 1. The van der Waals surface area contributed by atoms with Gasteiger partial charge < -0.3 is 10.1 Å². The summed E-state index contributed by atoms with van der Waals surface area (Å²) >= 11 is 0. The van der Waals surface area contributed by atoms with Crippen molar-refractivity contribution < 1.29 is 14.0 Å². The molecule has 1 N–H and O–H groups in total. The van der Waals surface area contributed by atoms with Gasteiger partial charge in [-0.05, 0) is 25.0 Å². The molecule has 4 nitrogen and oxygen atoms in total. The molecule has 128 valence electrons. The van der Waals surface area contributed by atoms with Gasteiger partial charge in [-0.3, -0.25) is 9.28 Å². The number of nitrogens with one attached hydrogen (secondary N) is 1. The van der Waals surface area contributed by atoms with E-state index >= 15 is 0 Å². The summed E-state index contributed by atoms with van der Waals surface area (Å²) in [5.41, 5.74) is 1.61. The zero-order chi connectivity index (χ0) is 17.0. The summed E-state index contributed by atoms with van der Waals surface area (Å²) in [6.07, 6.45) is 6.97. The molecule has 0 bridgehead atoms. The first-order chi connectivity index (χ1) is 11.5. The molecule has 1 aliphatic heterocycles. The van der Waals surface area contributed by atoms with E-state index in [9.17, 15) is 4.79 Å². The Hall–Kier alpha value is -1.91. The minimum atomic E-state index is -0.588. The van der Waals surface area contributed by atoms with Gasteiger partial charge in [0.2, 0.25) is 0 Å². The molecular formula is C20H27N2O2+. The quantitative estimate of drug-likeness (QED) is 0.682. The summed E-state index contributed by atoms with van der Waals surface area (Å²) < 4.78 is 6.51. The molecule has 1 saturated heterocycles. The Bertz CT molecular complexity index is 645. The van der Waals surface area contributed by atoms with Crippen LogP contribution in [-0.4, -0.2) is 43.7 Å². The molecule has 1 unspecified atom stereocenters. The molecule has 1 aliphatic carbocycles. The minimum Gasteiger partial charge on any atom is -0.460 e. The Balaban J connectivity index is 1.77. The van der Waals surface area contributed by atoms with E-state index < -0.39 is 5.41 Å². The van der Waals surface area contributed by atoms with Crippen LogP contribution in [0.4, 0.5) is 0 Å². The minimum absolute atomic E-state index is 0.125. The average Bonchev–Trinajstić information content (AvgIpc) is 2.61. The predicted molar refractivity (Wildman–Crippen MR) is 95.0 cm³/mol. The van der Waals surface area contributed by atoms with Crippen LogP contribution in [0.2, 0.25) is 0 Å². The smallest absolute Gasteiger partial charge is 0.322 e. The van der Waals surface area contributed by atoms with E-state index in [2.05, 4.69) is 30.6 Å². The van der Waals surface area contributed by atoms with Gasteiger partial charge in [-0.1, -0.05) is 42.5 Å². The van der Waals surface area contributed by atoms with Gasteiger partial charge >= 0.3 is 5.97 Å². The second-order valence-electron chi connectivity index (χ2n) is 7.17. The third-order valence-corrected chi connectivity index (χ3v) is 5.29. The first-order valence-electron chi connectivity index (χ1n) is 8.69. The summed E-state index contributed by atoms with van der Waals surface area (Å²) in [5.74, 6) is -0.125. The fourth-order valence-corrected chi connectivity index (χ4v) is 3.73. The number of benzene rings is 1. The van der Waals surface area contributed by atoms with Gasteiger partial charge in [0.15, 0.2) is 0 Å². The number of allylic oxidation sites excluding steroid dienone is 3. The molecule has 1 atom stereocenters. The molecule has 1 aromatic rings. The Kier molecular flexibility index (Phi) is 4.88. The van der Waals surface area contributed by atoms with Gasteiger partial charge in [-0.15, -0.1) is 0 Å². The summed E-state index contributed by atoms with van der Waals surface area (Å²) in [5, 5.41) is 3.41. The van der Waals surface area contributed by atoms with Crippen molar-refractivity contribution in [1.82, 2.24) is 5.32 Å². The third-order valence-electron chi connectivity index (χ3n) is 5.29. The van der Waals surface area contributed by atoms with Crippen molar-refractivity contribution in [2.24, 2.45) is 5.41 Å². The fourth-order valence-electron chi connectivity index (χ4n) is 3.73. The van der Waals surface area contributed by atoms with Crippen molar-refractivity contribution in [3.8, 4) is 0 Å². The van der Waals surface area contributed by atoms with Crippen LogP contribution in [-0.2, 0) is 16.1 Å². The highest BCUT2D eigenvalue weighted by Crippen LogP contribution is 2.41. The van der Waals surface area contributed by atoms with E-state index in [1.807, 2.05) is 37.3 Å². The van der Waals surface area contributed by atoms with Gasteiger partial charge in [-0.2, -0.15) is 0 Å². The number of piperazine rings is 1. The predicted octanol–water partition coefficient (Wildman–Crippen LogP) is 2.63. The first-order valence-corrected chi connectivity index (χ1v) is 8.69. The Morgan fingerprint density at radius 1 is 1.25 bits per heavy atom. The van der Waals surface area contributed by atoms with E-state index in [0.717, 1.165) is 36.2 Å². The SMILES string of the molecule is CC1(C(=O)OCc2ccccc2)CC=CC=C1[N+]1(C)CCNCC1. The third kappa shape index (κ3) is 3.30. The number of carbonyl (C=O) groups excluding carboxylic acids is 1. The number of likely N-dealkylation sites (N-methyl/N-ethyl adjacent to an activating group) is 1. The van der Waals surface area contributed by atoms with Crippen LogP contribution in [0, 0.1) is 5.41 Å². The topological polar surface area (TPSA) is 38.3 Å². The second-order valence-corrected chi connectivity index (χ2v) is 7.17. The van der Waals surface area contributed by atoms with Gasteiger partial charge in [0.1, 0.15) is 17.7 Å². The number of esters is 1. The lowest BCUT2D eigenvalue weighted by molar-refractivity contribution is -0.879. The van der Waals surface area contributed by atoms with Crippen LogP contribution < -0.4 is 5.32 Å². The standard InChI is InChI=1S/C20H27N2O2/c1-20(19(23)24-16-17-8-4-3-5-9-17)11-7-6-10-18(20)22(2)14-12-21-13-15-22/h3-10,21H,11-16H2,1-2H3/q+1. The lowest BCUT2D eigenvalue weighted by atomic mass is 9.78. The summed E-state index contributed by atoms with van der Waals surface area (Å²) in [6.45, 7) is 6.32. The van der Waals surface area contributed by atoms with Gasteiger partial charge in [0.25, 0.3) is 0 Å². The molecule has 0 radical (unpaired) electrons. The number of rotatable bonds is 4. The largest absolute Gasteiger partial charge is 0.460 e. The van der Waals surface area contributed by atoms with Crippen LogP contribution in [0.15, 0.2) is 54.3 Å². The maximum absolute atomic E-state index is 13.0. The number of quaternary nitrogens is 1. The molecule has 0 saturated carbocycles. The van der Waals surface area contributed by atoms with E-state index in [1.165, 1.54) is 5.70 Å². The van der Waals surface area contributed by atoms with E-state index in [0.29, 0.717) is 13.0 Å². The molecule has 1 aromatic carbocycles. The van der Waals surface area contributed by atoms with Crippen molar-refractivity contribution in [1.29, 1.82) is 0 Å². The first kappa shape index (κ1) is 16.9. The zero-order valence-corrected chi connectivity index (χ0v) is 14.6. The molecule has 24 heavy (non-hydrogen) atoms. The summed E-state index contributed by atoms with van der Waals surface area (Å²) in [6, 6.07) is 9.86. The summed E-state index contributed by atoms with van der Waals surface area (Å²) in [7, 11) is 2.23. The fraction of sp³-hybridized carbons (Fsp3) is 0.450. The number of ether oxygens (including phenoxy) is 1. The number of hydrogen-bond donors (Lipinski definition) is 1. The molecule has 3 rings (SSSR count). The second kappa shape index (κ2) is 6.91. The molecule has 0 aromatic heterocycles. The highest BCUT2D eigenvalue weighted by molar-refractivity contribution is 5.80. The Labute approximate surface area is 144 Å². The molecule has 1 fully saturated rings.